The summed E-state index contributed by atoms with van der Waals surface area (Å²) in [5.41, 5.74) is 2.48. The van der Waals surface area contributed by atoms with Gasteiger partial charge in [0.05, 0.1) is 23.4 Å². The Morgan fingerprint density at radius 3 is 2.21 bits per heavy atom. The molecule has 2 fully saturated rings. The van der Waals surface area contributed by atoms with Crippen molar-refractivity contribution in [2.75, 3.05) is 13.1 Å². The molecular formula is C29H38BN5O4. The van der Waals surface area contributed by atoms with Crippen molar-refractivity contribution in [1.29, 1.82) is 0 Å². The smallest absolute Gasteiger partial charge is 0.444 e. The van der Waals surface area contributed by atoms with Gasteiger partial charge >= 0.3 is 13.2 Å². The summed E-state index contributed by atoms with van der Waals surface area (Å²) in [5, 5.41) is 4.65. The Hall–Kier alpha value is -3.24. The maximum Gasteiger partial charge on any atom is 0.498 e. The number of benzene rings is 1. The summed E-state index contributed by atoms with van der Waals surface area (Å²) in [6.07, 6.45) is 8.95. The first-order valence-electron chi connectivity index (χ1n) is 13.6. The Morgan fingerprint density at radius 2 is 1.59 bits per heavy atom. The minimum Gasteiger partial charge on any atom is -0.444 e. The highest BCUT2D eigenvalue weighted by Gasteiger charge is 2.52. The van der Waals surface area contributed by atoms with E-state index in [0.29, 0.717) is 18.9 Å². The third-order valence-electron chi connectivity index (χ3n) is 7.74. The fraction of sp³-hybridized carbons (Fsp3) is 0.517. The second-order valence-electron chi connectivity index (χ2n) is 12.4. The second-order valence-corrected chi connectivity index (χ2v) is 12.4. The van der Waals surface area contributed by atoms with E-state index < -0.39 is 23.9 Å². The van der Waals surface area contributed by atoms with Gasteiger partial charge in [-0.1, -0.05) is 18.2 Å². The largest absolute Gasteiger partial charge is 0.498 e. The molecule has 0 atom stereocenters. The summed E-state index contributed by atoms with van der Waals surface area (Å²) in [5.74, 6) is 0.638. The van der Waals surface area contributed by atoms with Gasteiger partial charge in [-0.15, -0.1) is 0 Å². The van der Waals surface area contributed by atoms with Gasteiger partial charge in [0.1, 0.15) is 5.60 Å². The van der Waals surface area contributed by atoms with Crippen molar-refractivity contribution >= 4 is 18.7 Å². The first-order valence-corrected chi connectivity index (χ1v) is 13.6. The lowest BCUT2D eigenvalue weighted by molar-refractivity contribution is 0.00578. The molecule has 10 heteroatoms. The SMILES string of the molecule is CC(C)(C)OC(=O)N1CCC(n2cc(-c3cccc(-c4ncc(B5OC(C)(C)C(C)(C)O5)cn4)c3)cn2)CC1. The normalized spacial score (nSPS) is 19.4. The average Bonchev–Trinajstić information content (AvgIpc) is 3.45. The van der Waals surface area contributed by atoms with Gasteiger partial charge in [-0.3, -0.25) is 4.68 Å². The van der Waals surface area contributed by atoms with Crippen LogP contribution in [0.25, 0.3) is 22.5 Å². The molecule has 2 aromatic heterocycles. The van der Waals surface area contributed by atoms with Crippen molar-refractivity contribution in [1.82, 2.24) is 24.6 Å². The molecule has 2 aliphatic heterocycles. The number of carbonyl (C=O) groups excluding carboxylic acids is 1. The van der Waals surface area contributed by atoms with Gasteiger partial charge in [0, 0.05) is 48.3 Å². The predicted octanol–water partition coefficient (Wildman–Crippen LogP) is 4.88. The van der Waals surface area contributed by atoms with Gasteiger partial charge < -0.3 is 18.9 Å². The zero-order valence-corrected chi connectivity index (χ0v) is 24.0. The molecule has 0 N–H and O–H groups in total. The standard InChI is InChI=1S/C29H38BN5O4/c1-27(2,3)37-26(36)34-13-11-24(12-14-34)35-19-22(16-33-35)20-9-8-10-21(15-20)25-31-17-23(18-32-25)30-38-28(4,5)29(6,7)39-30/h8-10,15-19,24H,11-14H2,1-7H3. The number of piperidine rings is 1. The lowest BCUT2D eigenvalue weighted by atomic mass is 9.81. The van der Waals surface area contributed by atoms with E-state index in [-0.39, 0.29) is 12.1 Å². The Morgan fingerprint density at radius 1 is 0.974 bits per heavy atom. The van der Waals surface area contributed by atoms with Crippen LogP contribution in [0.4, 0.5) is 4.79 Å². The predicted molar refractivity (Wildman–Crippen MR) is 150 cm³/mol. The molecule has 206 valence electrons. The summed E-state index contributed by atoms with van der Waals surface area (Å²) in [6.45, 7) is 15.1. The van der Waals surface area contributed by atoms with E-state index in [2.05, 4.69) is 33.4 Å². The monoisotopic (exact) mass is 531 g/mol. The number of hydrogen-bond donors (Lipinski definition) is 0. The lowest BCUT2D eigenvalue weighted by Crippen LogP contribution is -2.42. The Balaban J connectivity index is 1.24. The van der Waals surface area contributed by atoms with Crippen LogP contribution in [0.15, 0.2) is 49.1 Å². The van der Waals surface area contributed by atoms with Crippen LogP contribution in [0, 0.1) is 0 Å². The van der Waals surface area contributed by atoms with Crippen LogP contribution in [-0.4, -0.2) is 67.8 Å². The number of nitrogens with zero attached hydrogens (tertiary/aromatic N) is 5. The molecular weight excluding hydrogens is 493 g/mol. The zero-order chi connectivity index (χ0) is 28.0. The van der Waals surface area contributed by atoms with Crippen LogP contribution in [0.5, 0.6) is 0 Å². The quantitative estimate of drug-likeness (QED) is 0.444. The van der Waals surface area contributed by atoms with Gasteiger partial charge in [0.15, 0.2) is 5.82 Å². The minimum atomic E-state index is -0.489. The summed E-state index contributed by atoms with van der Waals surface area (Å²) < 4.78 is 19.8. The number of aromatic nitrogens is 4. The van der Waals surface area contributed by atoms with Crippen LogP contribution in [0.3, 0.4) is 0 Å². The van der Waals surface area contributed by atoms with Gasteiger partial charge in [-0.25, -0.2) is 14.8 Å². The van der Waals surface area contributed by atoms with E-state index >= 15 is 0 Å². The van der Waals surface area contributed by atoms with E-state index in [1.54, 1.807) is 17.3 Å². The minimum absolute atomic E-state index is 0.242. The van der Waals surface area contributed by atoms with Crippen molar-refractivity contribution in [2.24, 2.45) is 0 Å². The van der Waals surface area contributed by atoms with Crippen molar-refractivity contribution in [3.05, 3.63) is 49.1 Å². The summed E-state index contributed by atoms with van der Waals surface area (Å²) in [6, 6.07) is 8.40. The van der Waals surface area contributed by atoms with Crippen LogP contribution in [-0.2, 0) is 14.0 Å². The van der Waals surface area contributed by atoms with Gasteiger partial charge in [-0.05, 0) is 72.9 Å². The maximum absolute atomic E-state index is 12.4. The van der Waals surface area contributed by atoms with Gasteiger partial charge in [-0.2, -0.15) is 5.10 Å². The molecule has 9 nitrogen and oxygen atoms in total. The number of ether oxygens (including phenoxy) is 1. The molecule has 2 aliphatic rings. The van der Waals surface area contributed by atoms with Crippen LogP contribution in [0.1, 0.15) is 67.3 Å². The molecule has 1 amide bonds. The Kier molecular flexibility index (Phi) is 7.05. The number of hydrogen-bond acceptors (Lipinski definition) is 7. The molecule has 0 unspecified atom stereocenters. The molecule has 5 rings (SSSR count). The van der Waals surface area contributed by atoms with E-state index in [4.69, 9.17) is 14.0 Å². The molecule has 0 saturated carbocycles. The fourth-order valence-electron chi connectivity index (χ4n) is 4.75. The topological polar surface area (TPSA) is 91.6 Å². The average molecular weight is 531 g/mol. The number of rotatable bonds is 4. The number of carbonyl (C=O) groups is 1. The highest BCUT2D eigenvalue weighted by molar-refractivity contribution is 6.61. The van der Waals surface area contributed by atoms with Crippen molar-refractivity contribution in [3.8, 4) is 22.5 Å². The molecule has 3 aromatic rings. The van der Waals surface area contributed by atoms with Gasteiger partial charge in [0.25, 0.3) is 0 Å². The van der Waals surface area contributed by atoms with E-state index in [1.165, 1.54) is 0 Å². The van der Waals surface area contributed by atoms with E-state index in [1.807, 2.05) is 71.5 Å². The molecule has 0 aliphatic carbocycles. The summed E-state index contributed by atoms with van der Waals surface area (Å²) in [7, 11) is -0.489. The lowest BCUT2D eigenvalue weighted by Gasteiger charge is -2.33. The Bertz CT molecular complexity index is 1310. The highest BCUT2D eigenvalue weighted by atomic mass is 16.7. The maximum atomic E-state index is 12.4. The first kappa shape index (κ1) is 27.3. The highest BCUT2D eigenvalue weighted by Crippen LogP contribution is 2.36. The number of amides is 1. The van der Waals surface area contributed by atoms with Crippen molar-refractivity contribution in [2.45, 2.75) is 84.2 Å². The fourth-order valence-corrected chi connectivity index (χ4v) is 4.75. The molecule has 39 heavy (non-hydrogen) atoms. The number of likely N-dealkylation sites (tertiary alicyclic amines) is 1. The van der Waals surface area contributed by atoms with Crippen LogP contribution in [0.2, 0.25) is 0 Å². The third kappa shape index (κ3) is 5.87. The van der Waals surface area contributed by atoms with E-state index in [0.717, 1.165) is 35.0 Å². The first-order chi connectivity index (χ1) is 18.3. The van der Waals surface area contributed by atoms with Crippen molar-refractivity contribution < 1.29 is 18.8 Å². The summed E-state index contributed by atoms with van der Waals surface area (Å²) in [4.78, 5) is 23.4. The van der Waals surface area contributed by atoms with Crippen LogP contribution < -0.4 is 5.46 Å². The molecule has 0 bridgehead atoms. The van der Waals surface area contributed by atoms with Gasteiger partial charge in [0.2, 0.25) is 0 Å². The molecule has 0 spiro atoms. The Labute approximate surface area is 231 Å². The zero-order valence-electron chi connectivity index (χ0n) is 24.0. The molecule has 1 aromatic carbocycles. The molecule has 0 radical (unpaired) electrons. The molecule has 2 saturated heterocycles. The third-order valence-corrected chi connectivity index (χ3v) is 7.74. The van der Waals surface area contributed by atoms with Crippen molar-refractivity contribution in [3.63, 3.8) is 0 Å². The summed E-state index contributed by atoms with van der Waals surface area (Å²) >= 11 is 0. The van der Waals surface area contributed by atoms with Crippen LogP contribution >= 0.6 is 0 Å². The molecule has 4 heterocycles. The second kappa shape index (κ2) is 10.1. The van der Waals surface area contributed by atoms with E-state index in [9.17, 15) is 4.79 Å².